The summed E-state index contributed by atoms with van der Waals surface area (Å²) in [5.74, 6) is -3.50. The van der Waals surface area contributed by atoms with Crippen molar-refractivity contribution < 1.29 is 48.3 Å². The Kier molecular flexibility index (Phi) is 10.1. The summed E-state index contributed by atoms with van der Waals surface area (Å²) < 4.78 is 18.5. The Labute approximate surface area is 286 Å². The first-order chi connectivity index (χ1) is 23.3. The van der Waals surface area contributed by atoms with E-state index in [1.165, 1.54) is 0 Å². The maximum absolute atomic E-state index is 13.3. The van der Waals surface area contributed by atoms with Gasteiger partial charge in [-0.2, -0.15) is 0 Å². The van der Waals surface area contributed by atoms with E-state index in [1.54, 1.807) is 6.20 Å². The van der Waals surface area contributed by atoms with Gasteiger partial charge in [-0.05, 0) is 62.0 Å². The number of aromatic nitrogens is 1. The van der Waals surface area contributed by atoms with Gasteiger partial charge in [0.2, 0.25) is 23.9 Å². The lowest BCUT2D eigenvalue weighted by molar-refractivity contribution is -0.576. The summed E-state index contributed by atoms with van der Waals surface area (Å²) in [4.78, 5) is 66.7. The molecular formula is C36H49N3O10. The number of fused-ring (bicyclic) bond motifs is 3. The SMILES string of the molecule is CC(C)C[C@H](NC(=O)CCC(=O)O[C@@H]1O[C@H]2O[C@@]3(C)CC[C@H]4[C@H](C)CC[C@H]([C@@H]1C)[C@@]24OO3)C(=O)N[C@H](Cc1c[nH]c2ccccc12)C(=O)O. The number of aliphatic carboxylic acids is 1. The van der Waals surface area contributed by atoms with Crippen LogP contribution in [0.1, 0.15) is 85.1 Å². The zero-order valence-corrected chi connectivity index (χ0v) is 28.9. The molecule has 4 N–H and O–H groups in total. The second kappa shape index (κ2) is 14.0. The Morgan fingerprint density at radius 3 is 2.55 bits per heavy atom. The number of para-hydroxylation sites is 1. The minimum atomic E-state index is -1.21. The molecule has 5 fully saturated rings. The lowest BCUT2D eigenvalue weighted by atomic mass is 9.58. The van der Waals surface area contributed by atoms with Crippen LogP contribution in [0.4, 0.5) is 0 Å². The summed E-state index contributed by atoms with van der Waals surface area (Å²) in [5.41, 5.74) is 0.838. The highest BCUT2D eigenvalue weighted by Crippen LogP contribution is 2.60. The Balaban J connectivity index is 1.05. The first-order valence-corrected chi connectivity index (χ1v) is 17.6. The Bertz CT molecular complexity index is 1560. The number of rotatable bonds is 12. The Morgan fingerprint density at radius 2 is 1.80 bits per heavy atom. The van der Waals surface area contributed by atoms with Crippen molar-refractivity contribution in [2.45, 2.75) is 122 Å². The number of hydrogen-bond donors (Lipinski definition) is 4. The van der Waals surface area contributed by atoms with Crippen LogP contribution in [0, 0.1) is 29.6 Å². The van der Waals surface area contributed by atoms with Crippen molar-refractivity contribution in [3.8, 4) is 0 Å². The molecule has 10 atom stereocenters. The number of aromatic amines is 1. The van der Waals surface area contributed by atoms with Crippen molar-refractivity contribution >= 4 is 34.7 Å². The maximum Gasteiger partial charge on any atom is 0.326 e. The fraction of sp³-hybridized carbons (Fsp3) is 0.667. The summed E-state index contributed by atoms with van der Waals surface area (Å²) in [6, 6.07) is 5.32. The van der Waals surface area contributed by atoms with Crippen LogP contribution >= 0.6 is 0 Å². The molecule has 0 radical (unpaired) electrons. The number of nitrogens with one attached hydrogen (secondary N) is 3. The predicted octanol–water partition coefficient (Wildman–Crippen LogP) is 4.34. The first kappa shape index (κ1) is 35.3. The third-order valence-corrected chi connectivity index (χ3v) is 11.0. The van der Waals surface area contributed by atoms with Crippen molar-refractivity contribution in [1.29, 1.82) is 0 Å². The van der Waals surface area contributed by atoms with E-state index in [9.17, 15) is 24.3 Å². The monoisotopic (exact) mass is 683 g/mol. The first-order valence-electron chi connectivity index (χ1n) is 17.6. The number of ether oxygens (including phenoxy) is 3. The molecule has 7 rings (SSSR count). The molecule has 1 aliphatic carbocycles. The molecule has 2 aromatic rings. The molecule has 13 heteroatoms. The van der Waals surface area contributed by atoms with E-state index in [2.05, 4.69) is 22.5 Å². The van der Waals surface area contributed by atoms with E-state index < -0.39 is 59.8 Å². The van der Waals surface area contributed by atoms with E-state index in [-0.39, 0.29) is 49.4 Å². The third-order valence-electron chi connectivity index (χ3n) is 11.0. The van der Waals surface area contributed by atoms with Crippen LogP contribution in [0.3, 0.4) is 0 Å². The summed E-state index contributed by atoms with van der Waals surface area (Å²) in [7, 11) is 0. The molecule has 2 bridgehead atoms. The van der Waals surface area contributed by atoms with Crippen molar-refractivity contribution in [1.82, 2.24) is 15.6 Å². The van der Waals surface area contributed by atoms with Crippen LogP contribution in [0.25, 0.3) is 10.9 Å². The molecule has 1 aromatic carbocycles. The quantitative estimate of drug-likeness (QED) is 0.186. The molecule has 0 unspecified atom stereocenters. The molecule has 5 heterocycles. The zero-order chi connectivity index (χ0) is 35.1. The van der Waals surface area contributed by atoms with Crippen LogP contribution in [0.5, 0.6) is 0 Å². The van der Waals surface area contributed by atoms with Crippen LogP contribution in [-0.4, -0.2) is 69.9 Å². The van der Waals surface area contributed by atoms with Gasteiger partial charge in [0.05, 0.1) is 6.42 Å². The van der Waals surface area contributed by atoms with Crippen LogP contribution in [0.15, 0.2) is 30.5 Å². The number of hydrogen-bond acceptors (Lipinski definition) is 9. The smallest absolute Gasteiger partial charge is 0.326 e. The van der Waals surface area contributed by atoms with Gasteiger partial charge in [0.15, 0.2) is 11.9 Å². The van der Waals surface area contributed by atoms with Crippen molar-refractivity contribution in [3.63, 3.8) is 0 Å². The van der Waals surface area contributed by atoms with E-state index in [0.29, 0.717) is 12.3 Å². The Hall–Kier alpha value is -3.52. The van der Waals surface area contributed by atoms with Gasteiger partial charge < -0.3 is 34.9 Å². The third kappa shape index (κ3) is 7.08. The normalized spacial score (nSPS) is 33.3. The molecule has 4 aliphatic heterocycles. The highest BCUT2D eigenvalue weighted by atomic mass is 17.3. The molecule has 1 saturated carbocycles. The molecule has 5 aliphatic rings. The fourth-order valence-electron chi connectivity index (χ4n) is 8.37. The van der Waals surface area contributed by atoms with Gasteiger partial charge in [-0.15, -0.1) is 0 Å². The lowest BCUT2D eigenvalue weighted by Gasteiger charge is -2.59. The standard InChI is InChI=1S/C36H49N3O10/c1-19(2)16-27(31(42)39-28(32(43)44)17-22-18-37-26-9-7-6-8-23(22)26)38-29(40)12-13-30(41)45-33-21(4)25-11-10-20(3)24-14-15-35(5)47-34(46-33)36(24,25)49-48-35/h6-9,18-21,24-25,27-28,33-34,37H,10-17H2,1-5H3,(H,38,40)(H,39,42)(H,43,44)/t20-,21+,24+,25-,27+,28-,33-,34+,35-,36-/m1/s1. The molecule has 13 nitrogen and oxygen atoms in total. The van der Waals surface area contributed by atoms with E-state index in [0.717, 1.165) is 35.7 Å². The Morgan fingerprint density at radius 1 is 1.02 bits per heavy atom. The topological polar surface area (TPSA) is 175 Å². The van der Waals surface area contributed by atoms with Crippen molar-refractivity contribution in [3.05, 3.63) is 36.0 Å². The van der Waals surface area contributed by atoms with Gasteiger partial charge in [0.25, 0.3) is 0 Å². The number of carbonyl (C=O) groups is 4. The molecule has 268 valence electrons. The molecule has 2 amide bonds. The molecule has 49 heavy (non-hydrogen) atoms. The van der Waals surface area contributed by atoms with Crippen LogP contribution in [0.2, 0.25) is 0 Å². The van der Waals surface area contributed by atoms with Gasteiger partial charge in [-0.1, -0.05) is 45.9 Å². The average molecular weight is 684 g/mol. The fourth-order valence-corrected chi connectivity index (χ4v) is 8.37. The second-order valence-corrected chi connectivity index (χ2v) is 15.0. The van der Waals surface area contributed by atoms with Crippen LogP contribution < -0.4 is 10.6 Å². The largest absolute Gasteiger partial charge is 0.480 e. The van der Waals surface area contributed by atoms with Crippen molar-refractivity contribution in [2.75, 3.05) is 0 Å². The minimum absolute atomic E-state index is 0.0166. The van der Waals surface area contributed by atoms with E-state index in [4.69, 9.17) is 24.0 Å². The van der Waals surface area contributed by atoms with Gasteiger partial charge in [0, 0.05) is 48.2 Å². The summed E-state index contributed by atoms with van der Waals surface area (Å²) in [5, 5.41) is 16.1. The molecular weight excluding hydrogens is 634 g/mol. The number of carboxylic acid groups (broad SMARTS) is 1. The minimum Gasteiger partial charge on any atom is -0.480 e. The number of carbonyl (C=O) groups excluding carboxylic acids is 3. The number of benzene rings is 1. The summed E-state index contributed by atoms with van der Waals surface area (Å²) in [6.45, 7) is 9.83. The number of H-pyrrole nitrogens is 1. The predicted molar refractivity (Wildman–Crippen MR) is 175 cm³/mol. The van der Waals surface area contributed by atoms with Gasteiger partial charge in [0.1, 0.15) is 12.1 Å². The van der Waals surface area contributed by atoms with E-state index in [1.807, 2.05) is 52.0 Å². The summed E-state index contributed by atoms with van der Waals surface area (Å²) >= 11 is 0. The van der Waals surface area contributed by atoms with Crippen molar-refractivity contribution in [2.24, 2.45) is 29.6 Å². The van der Waals surface area contributed by atoms with Gasteiger partial charge >= 0.3 is 11.9 Å². The van der Waals surface area contributed by atoms with Crippen LogP contribution in [-0.2, 0) is 49.6 Å². The van der Waals surface area contributed by atoms with Gasteiger partial charge in [-0.25, -0.2) is 14.6 Å². The number of esters is 1. The van der Waals surface area contributed by atoms with Gasteiger partial charge in [-0.3, -0.25) is 14.4 Å². The zero-order valence-electron chi connectivity index (χ0n) is 28.9. The highest BCUT2D eigenvalue weighted by molar-refractivity contribution is 5.91. The molecule has 1 aromatic heterocycles. The molecule has 4 saturated heterocycles. The lowest BCUT2D eigenvalue weighted by Crippen LogP contribution is -2.70. The average Bonchev–Trinajstić information content (AvgIpc) is 3.32. The highest BCUT2D eigenvalue weighted by Gasteiger charge is 2.69. The second-order valence-electron chi connectivity index (χ2n) is 15.0. The molecule has 1 spiro atoms. The maximum atomic E-state index is 13.3. The van der Waals surface area contributed by atoms with E-state index >= 15 is 0 Å². The number of carboxylic acids is 1. The number of amides is 2. The summed E-state index contributed by atoms with van der Waals surface area (Å²) in [6.07, 6.45) is 3.39.